The van der Waals surface area contributed by atoms with Gasteiger partial charge < -0.3 is 5.11 Å². The lowest BCUT2D eigenvalue weighted by Crippen LogP contribution is -2.04. The second-order valence-electron chi connectivity index (χ2n) is 4.46. The maximum absolute atomic E-state index is 9.37. The average Bonchev–Trinajstić information content (AvgIpc) is 2.95. The summed E-state index contributed by atoms with van der Waals surface area (Å²) >= 11 is 1.20. The van der Waals surface area contributed by atoms with E-state index in [-0.39, 0.29) is 0 Å². The van der Waals surface area contributed by atoms with Gasteiger partial charge in [0.05, 0.1) is 12.0 Å². The van der Waals surface area contributed by atoms with Gasteiger partial charge in [-0.05, 0) is 6.42 Å². The average molecular weight is 232 g/mol. The minimum Gasteiger partial charge on any atom is -0.355 e. The van der Waals surface area contributed by atoms with Gasteiger partial charge in [-0.25, -0.2) is 0 Å². The van der Waals surface area contributed by atoms with E-state index in [1.54, 1.807) is 0 Å². The van der Waals surface area contributed by atoms with Crippen molar-refractivity contribution in [1.82, 2.24) is 0 Å². The molecule has 3 heteroatoms. The molecule has 1 aliphatic heterocycles. The highest BCUT2D eigenvalue weighted by molar-refractivity contribution is 8.01. The minimum absolute atomic E-state index is 0.791. The highest BCUT2D eigenvalue weighted by atomic mass is 32.2. The SMILES string of the molecule is CCCCCCCCCCCC1(O)OS1. The third-order valence-corrected chi connectivity index (χ3v) is 3.63. The first-order valence-corrected chi connectivity index (χ1v) is 7.10. The zero-order valence-corrected chi connectivity index (χ0v) is 10.7. The van der Waals surface area contributed by atoms with Crippen molar-refractivity contribution in [2.75, 3.05) is 0 Å². The number of unbranched alkanes of at least 4 members (excludes halogenated alkanes) is 8. The first kappa shape index (κ1) is 13.3. The molecular formula is C12H24O2S. The van der Waals surface area contributed by atoms with Crippen LogP contribution < -0.4 is 0 Å². The van der Waals surface area contributed by atoms with Gasteiger partial charge in [-0.2, -0.15) is 0 Å². The molecule has 1 unspecified atom stereocenters. The molecule has 1 aliphatic rings. The Labute approximate surface area is 98.0 Å². The summed E-state index contributed by atoms with van der Waals surface area (Å²) in [4.78, 5) is 0. The van der Waals surface area contributed by atoms with Crippen LogP contribution in [0, 0.1) is 0 Å². The lowest BCUT2D eigenvalue weighted by molar-refractivity contribution is 0.0269. The van der Waals surface area contributed by atoms with Gasteiger partial charge in [-0.3, -0.25) is 4.18 Å². The van der Waals surface area contributed by atoms with Gasteiger partial charge in [0.15, 0.2) is 0 Å². The Morgan fingerprint density at radius 1 is 0.933 bits per heavy atom. The molecule has 0 amide bonds. The van der Waals surface area contributed by atoms with Crippen molar-refractivity contribution in [2.24, 2.45) is 0 Å². The monoisotopic (exact) mass is 232 g/mol. The fourth-order valence-corrected chi connectivity index (χ4v) is 2.20. The first-order chi connectivity index (χ1) is 7.27. The van der Waals surface area contributed by atoms with Crippen LogP contribution in [0.5, 0.6) is 0 Å². The largest absolute Gasteiger partial charge is 0.355 e. The summed E-state index contributed by atoms with van der Waals surface area (Å²) in [5, 5.41) is 8.58. The lowest BCUT2D eigenvalue weighted by atomic mass is 10.1. The van der Waals surface area contributed by atoms with E-state index in [0.29, 0.717) is 0 Å². The summed E-state index contributed by atoms with van der Waals surface area (Å²) in [7, 11) is 0. The standard InChI is InChI=1S/C12H24O2S/c1-2-3-4-5-6-7-8-9-10-11-12(13)14-15-12/h13H,2-11H2,1H3. The van der Waals surface area contributed by atoms with Crippen LogP contribution in [0.3, 0.4) is 0 Å². The second-order valence-corrected chi connectivity index (χ2v) is 5.43. The predicted octanol–water partition coefficient (Wildman–Crippen LogP) is 4.23. The lowest BCUT2D eigenvalue weighted by Gasteiger charge is -2.02. The molecule has 1 heterocycles. The van der Waals surface area contributed by atoms with Crippen LogP contribution in [-0.4, -0.2) is 10.2 Å². The van der Waals surface area contributed by atoms with Gasteiger partial charge in [0, 0.05) is 6.42 Å². The summed E-state index contributed by atoms with van der Waals surface area (Å²) < 4.78 is 4.84. The Hall–Kier alpha value is 0.270. The Morgan fingerprint density at radius 2 is 1.40 bits per heavy atom. The van der Waals surface area contributed by atoms with E-state index in [9.17, 15) is 5.11 Å². The zero-order valence-electron chi connectivity index (χ0n) is 9.83. The van der Waals surface area contributed by atoms with E-state index in [1.807, 2.05) is 0 Å². The van der Waals surface area contributed by atoms with E-state index in [0.717, 1.165) is 12.8 Å². The summed E-state index contributed by atoms with van der Waals surface area (Å²) in [6, 6.07) is 0. The molecule has 0 bridgehead atoms. The van der Waals surface area contributed by atoms with E-state index in [2.05, 4.69) is 6.92 Å². The van der Waals surface area contributed by atoms with Crippen LogP contribution >= 0.6 is 12.0 Å². The van der Waals surface area contributed by atoms with Crippen LogP contribution in [0.15, 0.2) is 0 Å². The Morgan fingerprint density at radius 3 is 1.87 bits per heavy atom. The maximum Gasteiger partial charge on any atom is 0.253 e. The first-order valence-electron chi connectivity index (χ1n) is 6.36. The van der Waals surface area contributed by atoms with Gasteiger partial charge >= 0.3 is 0 Å². The van der Waals surface area contributed by atoms with Crippen molar-refractivity contribution in [3.05, 3.63) is 0 Å². The van der Waals surface area contributed by atoms with Crippen LogP contribution in [-0.2, 0) is 4.18 Å². The second kappa shape index (κ2) is 7.53. The van der Waals surface area contributed by atoms with Crippen molar-refractivity contribution in [3.63, 3.8) is 0 Å². The molecule has 0 saturated carbocycles. The fourth-order valence-electron chi connectivity index (χ4n) is 1.79. The summed E-state index contributed by atoms with van der Waals surface area (Å²) in [6.07, 6.45) is 12.7. The molecule has 0 spiro atoms. The van der Waals surface area contributed by atoms with Crippen molar-refractivity contribution < 1.29 is 9.29 Å². The van der Waals surface area contributed by atoms with Crippen LogP contribution in [0.4, 0.5) is 0 Å². The van der Waals surface area contributed by atoms with E-state index in [1.165, 1.54) is 63.4 Å². The smallest absolute Gasteiger partial charge is 0.253 e. The molecule has 0 aromatic heterocycles. The van der Waals surface area contributed by atoms with E-state index >= 15 is 0 Å². The third kappa shape index (κ3) is 7.20. The van der Waals surface area contributed by atoms with Crippen LogP contribution in [0.25, 0.3) is 0 Å². The molecule has 1 rings (SSSR count). The van der Waals surface area contributed by atoms with Crippen LogP contribution in [0.2, 0.25) is 0 Å². The zero-order chi connectivity index (χ0) is 11.0. The Kier molecular flexibility index (Phi) is 6.69. The molecule has 15 heavy (non-hydrogen) atoms. The Balaban J connectivity index is 1.70. The predicted molar refractivity (Wildman–Crippen MR) is 65.5 cm³/mol. The molecule has 1 atom stereocenters. The van der Waals surface area contributed by atoms with E-state index in [4.69, 9.17) is 4.18 Å². The van der Waals surface area contributed by atoms with Crippen molar-refractivity contribution in [2.45, 2.75) is 76.3 Å². The summed E-state index contributed by atoms with van der Waals surface area (Å²) in [5.74, 6) is 0. The molecule has 2 nitrogen and oxygen atoms in total. The fraction of sp³-hybridized carbons (Fsp3) is 1.00. The summed E-state index contributed by atoms with van der Waals surface area (Å²) in [5.41, 5.74) is 0. The number of hydrogen-bond donors (Lipinski definition) is 1. The molecule has 0 radical (unpaired) electrons. The topological polar surface area (TPSA) is 32.8 Å². The van der Waals surface area contributed by atoms with Gasteiger partial charge in [0.25, 0.3) is 5.12 Å². The van der Waals surface area contributed by atoms with Gasteiger partial charge in [0.2, 0.25) is 0 Å². The molecule has 1 fully saturated rings. The molecule has 1 saturated heterocycles. The molecule has 0 aromatic rings. The molecule has 0 aromatic carbocycles. The molecule has 0 aliphatic carbocycles. The number of rotatable bonds is 10. The molecule has 1 N–H and O–H groups in total. The number of aliphatic hydroxyl groups is 1. The van der Waals surface area contributed by atoms with Crippen molar-refractivity contribution in [3.8, 4) is 0 Å². The van der Waals surface area contributed by atoms with Gasteiger partial charge in [-0.15, -0.1) is 0 Å². The summed E-state index contributed by atoms with van der Waals surface area (Å²) in [6.45, 7) is 2.25. The van der Waals surface area contributed by atoms with Crippen LogP contribution in [0.1, 0.15) is 71.1 Å². The highest BCUT2D eigenvalue weighted by Gasteiger charge is 2.44. The third-order valence-electron chi connectivity index (χ3n) is 2.87. The maximum atomic E-state index is 9.37. The molecular weight excluding hydrogens is 208 g/mol. The van der Waals surface area contributed by atoms with Gasteiger partial charge in [-0.1, -0.05) is 58.3 Å². The number of hydrogen-bond acceptors (Lipinski definition) is 3. The molecule has 90 valence electrons. The minimum atomic E-state index is -0.791. The van der Waals surface area contributed by atoms with Crippen molar-refractivity contribution in [1.29, 1.82) is 0 Å². The van der Waals surface area contributed by atoms with E-state index < -0.39 is 5.12 Å². The Bertz CT molecular complexity index is 158. The normalized spacial score (nSPS) is 24.4. The highest BCUT2D eigenvalue weighted by Crippen LogP contribution is 2.48. The van der Waals surface area contributed by atoms with Crippen molar-refractivity contribution >= 4 is 12.0 Å². The van der Waals surface area contributed by atoms with Gasteiger partial charge in [0.1, 0.15) is 0 Å². The quantitative estimate of drug-likeness (QED) is 0.347.